The summed E-state index contributed by atoms with van der Waals surface area (Å²) in [5, 5.41) is 0. The summed E-state index contributed by atoms with van der Waals surface area (Å²) in [5.74, 6) is 0. The van der Waals surface area contributed by atoms with E-state index in [-0.39, 0.29) is 6.10 Å². The van der Waals surface area contributed by atoms with E-state index < -0.39 is 10.0 Å². The van der Waals surface area contributed by atoms with Crippen molar-refractivity contribution in [3.05, 3.63) is 18.0 Å². The smallest absolute Gasteiger partial charge is 0.244 e. The summed E-state index contributed by atoms with van der Waals surface area (Å²) in [6.07, 6.45) is 3.57. The molecule has 0 saturated carbocycles. The fourth-order valence-electron chi connectivity index (χ4n) is 2.48. The number of ether oxygens (including phenoxy) is 1. The van der Waals surface area contributed by atoms with Crippen LogP contribution in [0.4, 0.5) is 0 Å². The van der Waals surface area contributed by atoms with Crippen LogP contribution in [0.25, 0.3) is 0 Å². The van der Waals surface area contributed by atoms with Crippen molar-refractivity contribution in [2.75, 3.05) is 19.7 Å². The minimum absolute atomic E-state index is 0.0161. The number of nitrogens with zero attached hydrogens (tertiary/aromatic N) is 2. The van der Waals surface area contributed by atoms with Crippen molar-refractivity contribution < 1.29 is 13.2 Å². The summed E-state index contributed by atoms with van der Waals surface area (Å²) in [7, 11) is -1.67. The number of aryl methyl sites for hydroxylation is 1. The zero-order valence-electron chi connectivity index (χ0n) is 12.1. The Labute approximate surface area is 120 Å². The van der Waals surface area contributed by atoms with Crippen LogP contribution in [-0.2, 0) is 28.4 Å². The largest absolute Gasteiger partial charge is 0.377 e. The lowest BCUT2D eigenvalue weighted by Crippen LogP contribution is -2.37. The molecule has 2 N–H and O–H groups in total. The van der Waals surface area contributed by atoms with Gasteiger partial charge in [-0.05, 0) is 18.9 Å². The lowest BCUT2D eigenvalue weighted by atomic mass is 10.2. The summed E-state index contributed by atoms with van der Waals surface area (Å²) in [6.45, 7) is 3.76. The average molecular weight is 301 g/mol. The molecule has 1 aromatic heterocycles. The third-order valence-electron chi connectivity index (χ3n) is 3.71. The van der Waals surface area contributed by atoms with Crippen molar-refractivity contribution in [2.45, 2.75) is 37.3 Å². The molecule has 1 fully saturated rings. The van der Waals surface area contributed by atoms with Gasteiger partial charge in [-0.3, -0.25) is 0 Å². The van der Waals surface area contributed by atoms with E-state index in [1.165, 1.54) is 4.31 Å². The van der Waals surface area contributed by atoms with Crippen LogP contribution in [0.1, 0.15) is 25.5 Å². The molecule has 2 rings (SSSR count). The molecule has 6 nitrogen and oxygen atoms in total. The van der Waals surface area contributed by atoms with Gasteiger partial charge in [-0.1, -0.05) is 6.92 Å². The SMILES string of the molecule is CCN(CC1CCCO1)S(=O)(=O)c1cc(CN)n(C)c1. The molecule has 114 valence electrons. The zero-order chi connectivity index (χ0) is 14.8. The van der Waals surface area contributed by atoms with Crippen LogP contribution in [-0.4, -0.2) is 43.1 Å². The fourth-order valence-corrected chi connectivity index (χ4v) is 4.06. The van der Waals surface area contributed by atoms with Gasteiger partial charge in [-0.2, -0.15) is 4.31 Å². The Morgan fingerprint density at radius 3 is 2.80 bits per heavy atom. The van der Waals surface area contributed by atoms with Crippen molar-refractivity contribution in [1.82, 2.24) is 8.87 Å². The highest BCUT2D eigenvalue weighted by atomic mass is 32.2. The van der Waals surface area contributed by atoms with Crippen molar-refractivity contribution in [3.8, 4) is 0 Å². The Bertz CT molecular complexity index is 547. The normalized spacial score (nSPS) is 19.9. The van der Waals surface area contributed by atoms with Gasteiger partial charge in [0.25, 0.3) is 0 Å². The minimum atomic E-state index is -3.47. The van der Waals surface area contributed by atoms with E-state index in [0.717, 1.165) is 25.1 Å². The van der Waals surface area contributed by atoms with Crippen molar-refractivity contribution >= 4 is 10.0 Å². The third kappa shape index (κ3) is 3.06. The quantitative estimate of drug-likeness (QED) is 0.838. The molecular weight excluding hydrogens is 278 g/mol. The highest BCUT2D eigenvalue weighted by Crippen LogP contribution is 2.21. The maximum atomic E-state index is 12.6. The van der Waals surface area contributed by atoms with Crippen LogP contribution in [0.3, 0.4) is 0 Å². The Morgan fingerprint density at radius 1 is 1.55 bits per heavy atom. The van der Waals surface area contributed by atoms with Gasteiger partial charge in [0.05, 0.1) is 6.10 Å². The number of rotatable bonds is 6. The summed E-state index contributed by atoms with van der Waals surface area (Å²) < 4.78 is 34.1. The first-order valence-electron chi connectivity index (χ1n) is 6.96. The molecular formula is C13H23N3O3S. The second-order valence-corrected chi connectivity index (χ2v) is 7.01. The highest BCUT2D eigenvalue weighted by Gasteiger charge is 2.28. The first-order chi connectivity index (χ1) is 9.48. The molecule has 1 atom stereocenters. The summed E-state index contributed by atoms with van der Waals surface area (Å²) in [4.78, 5) is 0.306. The first-order valence-corrected chi connectivity index (χ1v) is 8.40. The van der Waals surface area contributed by atoms with E-state index in [0.29, 0.717) is 24.5 Å². The van der Waals surface area contributed by atoms with Crippen LogP contribution >= 0.6 is 0 Å². The van der Waals surface area contributed by atoms with Gasteiger partial charge in [-0.15, -0.1) is 0 Å². The van der Waals surface area contributed by atoms with Gasteiger partial charge < -0.3 is 15.0 Å². The molecule has 0 amide bonds. The van der Waals surface area contributed by atoms with Crippen molar-refractivity contribution in [1.29, 1.82) is 0 Å². The lowest BCUT2D eigenvalue weighted by Gasteiger charge is -2.22. The molecule has 0 bridgehead atoms. The van der Waals surface area contributed by atoms with Crippen LogP contribution in [0.15, 0.2) is 17.2 Å². The van der Waals surface area contributed by atoms with E-state index in [1.807, 2.05) is 6.92 Å². The molecule has 1 aliphatic heterocycles. The Balaban J connectivity index is 2.21. The maximum Gasteiger partial charge on any atom is 0.244 e. The average Bonchev–Trinajstić information content (AvgIpc) is 3.04. The molecule has 1 aromatic rings. The van der Waals surface area contributed by atoms with Crippen molar-refractivity contribution in [3.63, 3.8) is 0 Å². The maximum absolute atomic E-state index is 12.6. The first kappa shape index (κ1) is 15.5. The number of hydrogen-bond acceptors (Lipinski definition) is 4. The predicted molar refractivity (Wildman–Crippen MR) is 76.7 cm³/mol. The van der Waals surface area contributed by atoms with Crippen LogP contribution < -0.4 is 5.73 Å². The van der Waals surface area contributed by atoms with E-state index in [4.69, 9.17) is 10.5 Å². The standard InChI is InChI=1S/C13H23N3O3S/c1-3-16(9-12-5-4-6-19-12)20(17,18)13-7-11(8-14)15(2)10-13/h7,10,12H,3-6,8-9,14H2,1-2H3. The predicted octanol–water partition coefficient (Wildman–Crippen LogP) is 0.673. The second-order valence-electron chi connectivity index (χ2n) is 5.07. The molecule has 0 aliphatic carbocycles. The molecule has 20 heavy (non-hydrogen) atoms. The number of nitrogens with two attached hydrogens (primary N) is 1. The van der Waals surface area contributed by atoms with E-state index >= 15 is 0 Å². The number of aromatic nitrogens is 1. The molecule has 0 spiro atoms. The molecule has 2 heterocycles. The molecule has 0 aromatic carbocycles. The molecule has 1 unspecified atom stereocenters. The molecule has 7 heteroatoms. The number of sulfonamides is 1. The van der Waals surface area contributed by atoms with Crippen LogP contribution in [0.5, 0.6) is 0 Å². The Kier molecular flexibility index (Phi) is 4.85. The monoisotopic (exact) mass is 301 g/mol. The topological polar surface area (TPSA) is 77.6 Å². The highest BCUT2D eigenvalue weighted by molar-refractivity contribution is 7.89. The Morgan fingerprint density at radius 2 is 2.30 bits per heavy atom. The lowest BCUT2D eigenvalue weighted by molar-refractivity contribution is 0.0947. The van der Waals surface area contributed by atoms with Gasteiger partial charge in [0.15, 0.2) is 0 Å². The van der Waals surface area contributed by atoms with E-state index in [2.05, 4.69) is 0 Å². The van der Waals surface area contributed by atoms with Gasteiger partial charge in [-0.25, -0.2) is 8.42 Å². The molecule has 0 radical (unpaired) electrons. The number of likely N-dealkylation sites (N-methyl/N-ethyl adjacent to an activating group) is 1. The summed E-state index contributed by atoms with van der Waals surface area (Å²) in [6, 6.07) is 1.65. The zero-order valence-corrected chi connectivity index (χ0v) is 12.9. The summed E-state index contributed by atoms with van der Waals surface area (Å²) >= 11 is 0. The number of hydrogen-bond donors (Lipinski definition) is 1. The minimum Gasteiger partial charge on any atom is -0.377 e. The van der Waals surface area contributed by atoms with Crippen LogP contribution in [0.2, 0.25) is 0 Å². The molecule has 1 aliphatic rings. The van der Waals surface area contributed by atoms with Gasteiger partial charge in [0.1, 0.15) is 4.90 Å². The van der Waals surface area contributed by atoms with Gasteiger partial charge in [0, 0.05) is 45.2 Å². The molecule has 1 saturated heterocycles. The second kappa shape index (κ2) is 6.26. The fraction of sp³-hybridized carbons (Fsp3) is 0.692. The van der Waals surface area contributed by atoms with Gasteiger partial charge >= 0.3 is 0 Å². The van der Waals surface area contributed by atoms with Crippen LogP contribution in [0, 0.1) is 0 Å². The van der Waals surface area contributed by atoms with Gasteiger partial charge in [0.2, 0.25) is 10.0 Å². The van der Waals surface area contributed by atoms with E-state index in [1.54, 1.807) is 23.9 Å². The Hall–Kier alpha value is -0.890. The third-order valence-corrected chi connectivity index (χ3v) is 5.62. The van der Waals surface area contributed by atoms with E-state index in [9.17, 15) is 8.42 Å². The van der Waals surface area contributed by atoms with Crippen molar-refractivity contribution in [2.24, 2.45) is 12.8 Å². The summed E-state index contributed by atoms with van der Waals surface area (Å²) in [5.41, 5.74) is 6.40.